The first-order valence-electron chi connectivity index (χ1n) is 9.32. The summed E-state index contributed by atoms with van der Waals surface area (Å²) in [5.74, 6) is 0.985. The quantitative estimate of drug-likeness (QED) is 0.666. The number of hydrogen-bond acceptors (Lipinski definition) is 4. The van der Waals surface area contributed by atoms with Gasteiger partial charge in [-0.05, 0) is 73.2 Å². The summed E-state index contributed by atoms with van der Waals surface area (Å²) in [4.78, 5) is 4.77. The minimum absolute atomic E-state index is 0.302. The first kappa shape index (κ1) is 18.0. The highest BCUT2D eigenvalue weighted by Crippen LogP contribution is 2.38. The second kappa shape index (κ2) is 7.69. The summed E-state index contributed by atoms with van der Waals surface area (Å²) >= 11 is 0. The topological polar surface area (TPSA) is 57.9 Å². The van der Waals surface area contributed by atoms with E-state index in [0.29, 0.717) is 17.1 Å². The van der Waals surface area contributed by atoms with Gasteiger partial charge in [-0.25, -0.2) is 9.37 Å². The van der Waals surface area contributed by atoms with Crippen LogP contribution in [0.3, 0.4) is 0 Å². The molecule has 4 rings (SSSR count). The van der Waals surface area contributed by atoms with E-state index in [-0.39, 0.29) is 5.82 Å². The van der Waals surface area contributed by atoms with Crippen LogP contribution in [-0.2, 0) is 12.8 Å². The number of methoxy groups -OCH3 is 1. The number of nitrogens with one attached hydrogen (secondary N) is 1. The fourth-order valence-electron chi connectivity index (χ4n) is 3.69. The molecule has 0 fully saturated rings. The highest BCUT2D eigenvalue weighted by Gasteiger charge is 2.23. The average Bonchev–Trinajstić information content (AvgIpc) is 2.74. The van der Waals surface area contributed by atoms with Crippen molar-refractivity contribution >= 4 is 11.5 Å². The summed E-state index contributed by atoms with van der Waals surface area (Å²) in [7, 11) is 1.63. The van der Waals surface area contributed by atoms with Crippen LogP contribution >= 0.6 is 0 Å². The van der Waals surface area contributed by atoms with Crippen molar-refractivity contribution in [3.63, 3.8) is 0 Å². The largest absolute Gasteiger partial charge is 0.497 e. The van der Waals surface area contributed by atoms with E-state index in [1.807, 2.05) is 24.3 Å². The number of ether oxygens (including phenoxy) is 1. The zero-order valence-electron chi connectivity index (χ0n) is 15.6. The lowest BCUT2D eigenvalue weighted by atomic mass is 9.86. The van der Waals surface area contributed by atoms with Crippen LogP contribution in [0.25, 0.3) is 11.1 Å². The maximum absolute atomic E-state index is 13.2. The van der Waals surface area contributed by atoms with E-state index in [1.165, 1.54) is 12.1 Å². The number of hydrogen-bond donors (Lipinski definition) is 1. The molecule has 4 nitrogen and oxygen atoms in total. The third kappa shape index (κ3) is 3.41. The monoisotopic (exact) mass is 373 g/mol. The van der Waals surface area contributed by atoms with Gasteiger partial charge in [0.2, 0.25) is 0 Å². The highest BCUT2D eigenvalue weighted by molar-refractivity contribution is 5.81. The van der Waals surface area contributed by atoms with E-state index < -0.39 is 0 Å². The zero-order chi connectivity index (χ0) is 19.5. The smallest absolute Gasteiger partial charge is 0.149 e. The van der Waals surface area contributed by atoms with E-state index in [2.05, 4.69) is 11.4 Å². The molecule has 1 aliphatic rings. The number of benzene rings is 2. The molecule has 2 aromatic carbocycles. The number of aromatic nitrogens is 1. The van der Waals surface area contributed by atoms with Crippen LogP contribution in [0.1, 0.15) is 29.7 Å². The summed E-state index contributed by atoms with van der Waals surface area (Å²) in [6.45, 7) is 0. The predicted molar refractivity (Wildman–Crippen MR) is 107 cm³/mol. The van der Waals surface area contributed by atoms with Gasteiger partial charge in [-0.2, -0.15) is 5.26 Å². The van der Waals surface area contributed by atoms with Crippen LogP contribution in [0.15, 0.2) is 48.5 Å². The molecule has 0 saturated heterocycles. The van der Waals surface area contributed by atoms with Crippen molar-refractivity contribution in [2.75, 3.05) is 12.4 Å². The van der Waals surface area contributed by atoms with Gasteiger partial charge in [0, 0.05) is 16.9 Å². The fourth-order valence-corrected chi connectivity index (χ4v) is 3.69. The molecule has 0 spiro atoms. The van der Waals surface area contributed by atoms with Gasteiger partial charge in [-0.3, -0.25) is 0 Å². The van der Waals surface area contributed by atoms with Crippen molar-refractivity contribution < 1.29 is 9.13 Å². The molecule has 28 heavy (non-hydrogen) atoms. The van der Waals surface area contributed by atoms with E-state index >= 15 is 0 Å². The van der Waals surface area contributed by atoms with Crippen molar-refractivity contribution in [3.05, 3.63) is 71.2 Å². The fraction of sp³-hybridized carbons (Fsp3) is 0.217. The Bertz CT molecular complexity index is 1040. The number of pyridine rings is 1. The number of rotatable bonds is 4. The van der Waals surface area contributed by atoms with E-state index in [1.54, 1.807) is 19.2 Å². The molecule has 1 N–H and O–H groups in total. The van der Waals surface area contributed by atoms with Crippen molar-refractivity contribution in [1.82, 2.24) is 4.98 Å². The average molecular weight is 373 g/mol. The number of aryl methyl sites for hydroxylation is 1. The lowest BCUT2D eigenvalue weighted by molar-refractivity contribution is 0.415. The number of fused-ring (bicyclic) bond motifs is 1. The van der Waals surface area contributed by atoms with E-state index in [0.717, 1.165) is 53.8 Å². The number of halogens is 1. The molecule has 0 aliphatic heterocycles. The van der Waals surface area contributed by atoms with Crippen LogP contribution in [0.4, 0.5) is 15.9 Å². The SMILES string of the molecule is COc1ccc(-c2c(C#N)c(Nc3ccc(F)cc3)nc3c2CCCC3)cc1. The predicted octanol–water partition coefficient (Wildman–Crippen LogP) is 5.39. The Morgan fingerprint density at radius 3 is 2.43 bits per heavy atom. The first-order chi connectivity index (χ1) is 13.7. The molecule has 1 heterocycles. The molecule has 0 unspecified atom stereocenters. The molecule has 140 valence electrons. The van der Waals surface area contributed by atoms with Gasteiger partial charge >= 0.3 is 0 Å². The zero-order valence-corrected chi connectivity index (χ0v) is 15.6. The van der Waals surface area contributed by atoms with Crippen LogP contribution in [-0.4, -0.2) is 12.1 Å². The number of anilines is 2. The molecule has 0 atom stereocenters. The van der Waals surface area contributed by atoms with Crippen molar-refractivity contribution in [3.8, 4) is 22.9 Å². The van der Waals surface area contributed by atoms with Gasteiger partial charge in [0.15, 0.2) is 0 Å². The second-order valence-corrected chi connectivity index (χ2v) is 6.81. The maximum Gasteiger partial charge on any atom is 0.149 e. The van der Waals surface area contributed by atoms with Gasteiger partial charge in [0.25, 0.3) is 0 Å². The Balaban J connectivity index is 1.87. The lowest BCUT2D eigenvalue weighted by Crippen LogP contribution is -2.12. The Morgan fingerprint density at radius 2 is 1.75 bits per heavy atom. The van der Waals surface area contributed by atoms with Crippen molar-refractivity contribution in [2.24, 2.45) is 0 Å². The van der Waals surface area contributed by atoms with E-state index in [4.69, 9.17) is 9.72 Å². The summed E-state index contributed by atoms with van der Waals surface area (Å²) in [5.41, 5.74) is 5.29. The molecule has 5 heteroatoms. The third-order valence-electron chi connectivity index (χ3n) is 5.07. The van der Waals surface area contributed by atoms with Gasteiger partial charge in [-0.15, -0.1) is 0 Å². The van der Waals surface area contributed by atoms with Gasteiger partial charge in [0.1, 0.15) is 29.0 Å². The summed E-state index contributed by atoms with van der Waals surface area (Å²) in [6, 6.07) is 16.2. The summed E-state index contributed by atoms with van der Waals surface area (Å²) < 4.78 is 18.5. The van der Waals surface area contributed by atoms with Gasteiger partial charge in [0.05, 0.1) is 7.11 Å². The Kier molecular flexibility index (Phi) is 4.94. The molecule has 0 amide bonds. The number of nitrogens with zero attached hydrogens (tertiary/aromatic N) is 2. The molecule has 1 aliphatic carbocycles. The van der Waals surface area contributed by atoms with Crippen LogP contribution in [0.2, 0.25) is 0 Å². The molecular weight excluding hydrogens is 353 g/mol. The normalized spacial score (nSPS) is 12.8. The Hall–Kier alpha value is -3.39. The maximum atomic E-state index is 13.2. The van der Waals surface area contributed by atoms with Crippen molar-refractivity contribution in [1.29, 1.82) is 5.26 Å². The molecular formula is C23H20FN3O. The standard InChI is InChI=1S/C23H20FN3O/c1-28-18-12-6-15(7-13-18)22-19-4-2-3-5-21(19)27-23(20(22)14-25)26-17-10-8-16(24)9-11-17/h6-13H,2-5H2,1H3,(H,26,27). The second-order valence-electron chi connectivity index (χ2n) is 6.81. The first-order valence-corrected chi connectivity index (χ1v) is 9.32. The van der Waals surface area contributed by atoms with Crippen LogP contribution in [0, 0.1) is 17.1 Å². The summed E-state index contributed by atoms with van der Waals surface area (Å²) in [5, 5.41) is 13.2. The summed E-state index contributed by atoms with van der Waals surface area (Å²) in [6.07, 6.45) is 3.98. The molecule has 3 aromatic rings. The molecule has 1 aromatic heterocycles. The highest BCUT2D eigenvalue weighted by atomic mass is 19.1. The Morgan fingerprint density at radius 1 is 1.04 bits per heavy atom. The van der Waals surface area contributed by atoms with Crippen LogP contribution < -0.4 is 10.1 Å². The molecule has 0 bridgehead atoms. The minimum Gasteiger partial charge on any atom is -0.497 e. The van der Waals surface area contributed by atoms with Crippen LogP contribution in [0.5, 0.6) is 5.75 Å². The molecule has 0 radical (unpaired) electrons. The van der Waals surface area contributed by atoms with Gasteiger partial charge in [-0.1, -0.05) is 12.1 Å². The van der Waals surface area contributed by atoms with Gasteiger partial charge < -0.3 is 10.1 Å². The minimum atomic E-state index is -0.302. The van der Waals surface area contributed by atoms with E-state index in [9.17, 15) is 9.65 Å². The molecule has 0 saturated carbocycles. The third-order valence-corrected chi connectivity index (χ3v) is 5.07. The number of nitriles is 1. The van der Waals surface area contributed by atoms with Crippen molar-refractivity contribution in [2.45, 2.75) is 25.7 Å². The lowest BCUT2D eigenvalue weighted by Gasteiger charge is -2.22. The Labute approximate surface area is 163 Å².